The number of anilines is 2. The van der Waals surface area contributed by atoms with E-state index in [1.165, 1.54) is 11.2 Å². The molecule has 1 aliphatic carbocycles. The summed E-state index contributed by atoms with van der Waals surface area (Å²) < 4.78 is 12.5. The number of fused-ring (bicyclic) bond motifs is 2. The quantitative estimate of drug-likeness (QED) is 0.404. The maximum atomic E-state index is 12.6. The van der Waals surface area contributed by atoms with Crippen molar-refractivity contribution < 1.29 is 19.1 Å². The Morgan fingerprint density at radius 1 is 1.17 bits per heavy atom. The highest BCUT2D eigenvalue weighted by Crippen LogP contribution is 2.43. The number of carbonyl (C=O) groups excluding carboxylic acids is 2. The summed E-state index contributed by atoms with van der Waals surface area (Å²) >= 11 is 6.07. The van der Waals surface area contributed by atoms with Crippen LogP contribution in [0.25, 0.3) is 0 Å². The van der Waals surface area contributed by atoms with Gasteiger partial charge in [-0.3, -0.25) is 14.5 Å². The molecule has 1 saturated heterocycles. The number of carbonyl (C=O) groups is 2. The second-order valence-corrected chi connectivity index (χ2v) is 10.5. The van der Waals surface area contributed by atoms with E-state index in [4.69, 9.17) is 26.8 Å². The van der Waals surface area contributed by atoms with Crippen molar-refractivity contribution in [1.82, 2.24) is 19.8 Å². The van der Waals surface area contributed by atoms with Crippen LogP contribution in [0.4, 0.5) is 11.5 Å². The van der Waals surface area contributed by atoms with Crippen molar-refractivity contribution in [2.45, 2.75) is 50.7 Å². The van der Waals surface area contributed by atoms with Gasteiger partial charge in [-0.15, -0.1) is 0 Å². The van der Waals surface area contributed by atoms with Gasteiger partial charge in [-0.05, 0) is 52.4 Å². The smallest absolute Gasteiger partial charge is 0.261 e. The first-order valence-electron chi connectivity index (χ1n) is 12.2. The third-order valence-corrected chi connectivity index (χ3v) is 7.39. The van der Waals surface area contributed by atoms with Crippen molar-refractivity contribution in [3.05, 3.63) is 46.9 Å². The first kappa shape index (κ1) is 24.9. The molecule has 3 N–H and O–H groups in total. The second-order valence-electron chi connectivity index (χ2n) is 10.2. The van der Waals surface area contributed by atoms with Crippen LogP contribution in [0.2, 0.25) is 5.15 Å². The number of rotatable bonds is 8. The fraction of sp³-hybridized carbons (Fsp3) is 0.520. The van der Waals surface area contributed by atoms with Crippen LogP contribution in [0.3, 0.4) is 0 Å². The fourth-order valence-electron chi connectivity index (χ4n) is 5.50. The molecule has 2 amide bonds. The van der Waals surface area contributed by atoms with Gasteiger partial charge in [0.25, 0.3) is 11.8 Å². The first-order valence-corrected chi connectivity index (χ1v) is 12.5. The van der Waals surface area contributed by atoms with Crippen LogP contribution in [0, 0.1) is 5.92 Å². The van der Waals surface area contributed by atoms with E-state index in [1.807, 2.05) is 20.9 Å². The molecule has 2 fully saturated rings. The molecule has 1 saturated carbocycles. The van der Waals surface area contributed by atoms with Crippen molar-refractivity contribution in [3.8, 4) is 0 Å². The Balaban J connectivity index is 1.18. The number of imide groups is 1. The van der Waals surface area contributed by atoms with E-state index in [0.717, 1.165) is 19.5 Å². The van der Waals surface area contributed by atoms with E-state index in [-0.39, 0.29) is 41.1 Å². The van der Waals surface area contributed by atoms with Gasteiger partial charge in [0.05, 0.1) is 23.3 Å². The Bertz CT molecular complexity index is 1140. The molecule has 5 rings (SSSR count). The third kappa shape index (κ3) is 4.66. The summed E-state index contributed by atoms with van der Waals surface area (Å²) in [5.41, 5.74) is 7.35. The normalized spacial score (nSPS) is 26.5. The van der Waals surface area contributed by atoms with Gasteiger partial charge in [0.1, 0.15) is 18.1 Å². The minimum atomic E-state index is -0.688. The van der Waals surface area contributed by atoms with E-state index in [1.54, 1.807) is 24.3 Å². The van der Waals surface area contributed by atoms with Crippen LogP contribution >= 0.6 is 11.6 Å². The second kappa shape index (κ2) is 9.59. The lowest BCUT2D eigenvalue weighted by Gasteiger charge is -2.27. The van der Waals surface area contributed by atoms with Gasteiger partial charge < -0.3 is 25.4 Å². The number of halogens is 1. The Morgan fingerprint density at radius 3 is 2.53 bits per heavy atom. The van der Waals surface area contributed by atoms with E-state index in [2.05, 4.69) is 20.2 Å². The molecule has 36 heavy (non-hydrogen) atoms. The van der Waals surface area contributed by atoms with Gasteiger partial charge in [0.15, 0.2) is 16.8 Å². The number of hydrogen-bond donors (Lipinski definition) is 2. The predicted octanol–water partition coefficient (Wildman–Crippen LogP) is 2.65. The lowest BCUT2D eigenvalue weighted by atomic mass is 10.0. The molecule has 11 heteroatoms. The highest BCUT2D eigenvalue weighted by Gasteiger charge is 2.54. The molecule has 1 aromatic carbocycles. The van der Waals surface area contributed by atoms with E-state index >= 15 is 0 Å². The zero-order chi connectivity index (χ0) is 25.6. The van der Waals surface area contributed by atoms with Gasteiger partial charge in [-0.1, -0.05) is 23.7 Å². The largest absolute Gasteiger partial charge is 0.393 e. The summed E-state index contributed by atoms with van der Waals surface area (Å²) in [5, 5.41) is 3.60. The molecular formula is C25H31ClN6O4. The van der Waals surface area contributed by atoms with Gasteiger partial charge in [-0.25, -0.2) is 9.97 Å². The van der Waals surface area contributed by atoms with Crippen molar-refractivity contribution >= 4 is 34.9 Å². The van der Waals surface area contributed by atoms with Crippen LogP contribution in [0.5, 0.6) is 0 Å². The van der Waals surface area contributed by atoms with Crippen molar-refractivity contribution in [2.75, 3.05) is 37.7 Å². The molecule has 0 spiro atoms. The molecule has 4 atom stereocenters. The summed E-state index contributed by atoms with van der Waals surface area (Å²) in [6.45, 7) is 5.74. The summed E-state index contributed by atoms with van der Waals surface area (Å²) in [4.78, 5) is 36.9. The molecule has 1 aromatic heterocycles. The summed E-state index contributed by atoms with van der Waals surface area (Å²) in [7, 11) is 2.04. The molecule has 192 valence electrons. The summed E-state index contributed by atoms with van der Waals surface area (Å²) in [6, 6.07) is 6.92. The number of ether oxygens (including phenoxy) is 2. The number of nitrogen functional groups attached to an aromatic ring is 1. The fourth-order valence-corrected chi connectivity index (χ4v) is 5.64. The minimum Gasteiger partial charge on any atom is -0.393 e. The Hall–Kier alpha value is -2.79. The zero-order valence-corrected chi connectivity index (χ0v) is 21.4. The Morgan fingerprint density at radius 2 is 1.83 bits per heavy atom. The Labute approximate surface area is 215 Å². The standard InChI is InChI=1S/C25H31ClN6O4/c1-25(2)35-19-14(11-17(20(19)36-25)30-22-18(27)21(26)28-13-29-22)12-31(3)9-6-10-32-23(33)15-7-4-5-8-16(15)24(32)34/h4-5,7-8,13-14,17,19-20H,6,9-12,27H2,1-3H3,(H,28,29,30)/t14-,17-,19-,20+/m1/s1. The average Bonchev–Trinajstić information content (AvgIpc) is 3.40. The number of amides is 2. The van der Waals surface area contributed by atoms with Gasteiger partial charge in [-0.2, -0.15) is 0 Å². The number of nitrogens with zero attached hydrogens (tertiary/aromatic N) is 4. The molecule has 0 radical (unpaired) electrons. The predicted molar refractivity (Wildman–Crippen MR) is 135 cm³/mol. The number of aromatic nitrogens is 2. The van der Waals surface area contributed by atoms with Gasteiger partial charge in [0.2, 0.25) is 0 Å². The summed E-state index contributed by atoms with van der Waals surface area (Å²) in [5.74, 6) is -0.422. The van der Waals surface area contributed by atoms with Gasteiger partial charge >= 0.3 is 0 Å². The molecule has 0 unspecified atom stereocenters. The molecule has 2 aliphatic heterocycles. The molecule has 10 nitrogen and oxygen atoms in total. The van der Waals surface area contributed by atoms with Crippen LogP contribution in [-0.4, -0.2) is 82.3 Å². The molecule has 0 bridgehead atoms. The van der Waals surface area contributed by atoms with Crippen LogP contribution in [0.1, 0.15) is 47.4 Å². The molecule has 3 heterocycles. The van der Waals surface area contributed by atoms with Crippen molar-refractivity contribution in [2.24, 2.45) is 5.92 Å². The van der Waals surface area contributed by atoms with E-state index in [9.17, 15) is 9.59 Å². The van der Waals surface area contributed by atoms with Gasteiger partial charge in [0, 0.05) is 19.0 Å². The highest BCUT2D eigenvalue weighted by atomic mass is 35.5. The third-order valence-electron chi connectivity index (χ3n) is 7.08. The summed E-state index contributed by atoms with van der Waals surface area (Å²) in [6.07, 6.45) is 2.61. The van der Waals surface area contributed by atoms with E-state index < -0.39 is 5.79 Å². The minimum absolute atomic E-state index is 0.0539. The molecule has 2 aromatic rings. The lowest BCUT2D eigenvalue weighted by Crippen LogP contribution is -2.36. The van der Waals surface area contributed by atoms with Crippen molar-refractivity contribution in [1.29, 1.82) is 0 Å². The zero-order valence-electron chi connectivity index (χ0n) is 20.6. The highest BCUT2D eigenvalue weighted by molar-refractivity contribution is 6.32. The van der Waals surface area contributed by atoms with E-state index in [0.29, 0.717) is 35.6 Å². The first-order chi connectivity index (χ1) is 17.1. The molecule has 3 aliphatic rings. The van der Waals surface area contributed by atoms with Crippen LogP contribution in [0.15, 0.2) is 30.6 Å². The maximum absolute atomic E-state index is 12.6. The number of hydrogen-bond acceptors (Lipinski definition) is 9. The maximum Gasteiger partial charge on any atom is 0.261 e. The van der Waals surface area contributed by atoms with Crippen LogP contribution < -0.4 is 11.1 Å². The average molecular weight is 515 g/mol. The molecular weight excluding hydrogens is 484 g/mol. The number of nitrogens with two attached hydrogens (primary N) is 1. The lowest BCUT2D eigenvalue weighted by molar-refractivity contribution is -0.157. The SMILES string of the molecule is CN(CCCN1C(=O)c2ccccc2C1=O)C[C@H]1C[C@@H](Nc2ncnc(Cl)c2N)[C@@H]2OC(C)(C)O[C@H]12. The number of nitrogens with one attached hydrogen (secondary N) is 1. The van der Waals surface area contributed by atoms with Crippen molar-refractivity contribution in [3.63, 3.8) is 0 Å². The Kier molecular flexibility index (Phi) is 6.63. The topological polar surface area (TPSA) is 123 Å². The number of benzene rings is 1. The monoisotopic (exact) mass is 514 g/mol. The van der Waals surface area contributed by atoms with Crippen LogP contribution in [-0.2, 0) is 9.47 Å².